The van der Waals surface area contributed by atoms with Crippen molar-refractivity contribution in [1.82, 2.24) is 15.1 Å². The van der Waals surface area contributed by atoms with Crippen molar-refractivity contribution in [1.29, 1.82) is 0 Å². The number of nitrogens with zero attached hydrogens (tertiary/aromatic N) is 2. The number of amides is 1. The van der Waals surface area contributed by atoms with E-state index in [1.54, 1.807) is 0 Å². The number of hydrogen-bond donors (Lipinski definition) is 1. The van der Waals surface area contributed by atoms with Gasteiger partial charge >= 0.3 is 0 Å². The van der Waals surface area contributed by atoms with E-state index in [1.807, 2.05) is 25.7 Å². The van der Waals surface area contributed by atoms with Crippen molar-refractivity contribution in [2.24, 2.45) is 0 Å². The summed E-state index contributed by atoms with van der Waals surface area (Å²) in [5, 5.41) is 3.40. The van der Waals surface area contributed by atoms with E-state index in [-0.39, 0.29) is 11.9 Å². The summed E-state index contributed by atoms with van der Waals surface area (Å²) in [4.78, 5) is 16.4. The first-order valence-corrected chi connectivity index (χ1v) is 6.36. The van der Waals surface area contributed by atoms with Crippen molar-refractivity contribution >= 4 is 5.91 Å². The molecule has 1 N–H and O–H groups in total. The molecule has 16 heavy (non-hydrogen) atoms. The van der Waals surface area contributed by atoms with Crippen LogP contribution in [0.1, 0.15) is 27.7 Å². The molecule has 2 atom stereocenters. The van der Waals surface area contributed by atoms with Crippen LogP contribution in [0, 0.1) is 0 Å². The van der Waals surface area contributed by atoms with E-state index in [4.69, 9.17) is 0 Å². The van der Waals surface area contributed by atoms with Gasteiger partial charge in [0.05, 0.1) is 6.04 Å². The van der Waals surface area contributed by atoms with E-state index in [9.17, 15) is 4.79 Å². The molecule has 0 bridgehead atoms. The van der Waals surface area contributed by atoms with Gasteiger partial charge in [-0.25, -0.2) is 0 Å². The van der Waals surface area contributed by atoms with Crippen LogP contribution in [0.4, 0.5) is 0 Å². The summed E-state index contributed by atoms with van der Waals surface area (Å²) in [5.74, 6) is 0.263. The number of carbonyl (C=O) groups excluding carboxylic acids is 1. The highest BCUT2D eigenvalue weighted by Gasteiger charge is 2.27. The van der Waals surface area contributed by atoms with E-state index in [2.05, 4.69) is 17.1 Å². The Bertz CT molecular complexity index is 228. The second kappa shape index (κ2) is 6.21. The highest BCUT2D eigenvalue weighted by Crippen LogP contribution is 2.07. The molecule has 1 aliphatic heterocycles. The van der Waals surface area contributed by atoms with Crippen LogP contribution in [-0.2, 0) is 4.79 Å². The fourth-order valence-electron chi connectivity index (χ4n) is 2.27. The van der Waals surface area contributed by atoms with Gasteiger partial charge < -0.3 is 10.2 Å². The van der Waals surface area contributed by atoms with Gasteiger partial charge in [0.15, 0.2) is 0 Å². The minimum atomic E-state index is 0.0180. The largest absolute Gasteiger partial charge is 0.342 e. The van der Waals surface area contributed by atoms with E-state index < -0.39 is 0 Å². The molecule has 1 amide bonds. The first-order valence-electron chi connectivity index (χ1n) is 6.36. The van der Waals surface area contributed by atoms with Crippen molar-refractivity contribution in [3.8, 4) is 0 Å². The minimum Gasteiger partial charge on any atom is -0.342 e. The van der Waals surface area contributed by atoms with Gasteiger partial charge in [0.1, 0.15) is 0 Å². The SMILES string of the molecule is CCN(CC)C(=O)C(C)N1CCNC(C)C1. The lowest BCUT2D eigenvalue weighted by Gasteiger charge is -2.37. The highest BCUT2D eigenvalue weighted by molar-refractivity contribution is 5.81. The summed E-state index contributed by atoms with van der Waals surface area (Å²) >= 11 is 0. The molecule has 4 heteroatoms. The quantitative estimate of drug-likeness (QED) is 0.761. The maximum Gasteiger partial charge on any atom is 0.239 e. The van der Waals surface area contributed by atoms with Gasteiger partial charge in [0.25, 0.3) is 0 Å². The summed E-state index contributed by atoms with van der Waals surface area (Å²) in [6.45, 7) is 12.8. The van der Waals surface area contributed by atoms with Crippen LogP contribution in [0.15, 0.2) is 0 Å². The molecule has 0 aromatic rings. The van der Waals surface area contributed by atoms with Crippen LogP contribution in [-0.4, -0.2) is 60.5 Å². The summed E-state index contributed by atoms with van der Waals surface area (Å²) < 4.78 is 0. The fourth-order valence-corrected chi connectivity index (χ4v) is 2.27. The molecule has 0 saturated carbocycles. The number of rotatable bonds is 4. The predicted octanol–water partition coefficient (Wildman–Crippen LogP) is 0.537. The zero-order valence-electron chi connectivity index (χ0n) is 11.0. The third-order valence-corrected chi connectivity index (χ3v) is 3.38. The molecule has 4 nitrogen and oxygen atoms in total. The Balaban J connectivity index is 2.55. The lowest BCUT2D eigenvalue weighted by molar-refractivity contribution is -0.136. The maximum absolute atomic E-state index is 12.2. The lowest BCUT2D eigenvalue weighted by atomic mass is 10.1. The topological polar surface area (TPSA) is 35.6 Å². The number of piperazine rings is 1. The highest BCUT2D eigenvalue weighted by atomic mass is 16.2. The molecule has 1 aliphatic rings. The van der Waals surface area contributed by atoms with Crippen LogP contribution in [0.2, 0.25) is 0 Å². The molecule has 2 unspecified atom stereocenters. The molecule has 0 spiro atoms. The summed E-state index contributed by atoms with van der Waals surface area (Å²) in [7, 11) is 0. The normalized spacial score (nSPS) is 24.1. The van der Waals surface area contributed by atoms with Gasteiger partial charge in [-0.05, 0) is 27.7 Å². The van der Waals surface area contributed by atoms with E-state index >= 15 is 0 Å². The maximum atomic E-state index is 12.2. The third kappa shape index (κ3) is 3.19. The van der Waals surface area contributed by atoms with Gasteiger partial charge in [0.2, 0.25) is 5.91 Å². The summed E-state index contributed by atoms with van der Waals surface area (Å²) in [6.07, 6.45) is 0. The van der Waals surface area contributed by atoms with Gasteiger partial charge in [-0.15, -0.1) is 0 Å². The zero-order chi connectivity index (χ0) is 12.1. The Morgan fingerprint density at radius 3 is 2.62 bits per heavy atom. The van der Waals surface area contributed by atoms with E-state index in [0.29, 0.717) is 6.04 Å². The second-order valence-electron chi connectivity index (χ2n) is 4.54. The van der Waals surface area contributed by atoms with Crippen LogP contribution >= 0.6 is 0 Å². The number of hydrogen-bond acceptors (Lipinski definition) is 3. The molecule has 0 aromatic carbocycles. The van der Waals surface area contributed by atoms with Gasteiger partial charge in [-0.3, -0.25) is 9.69 Å². The summed E-state index contributed by atoms with van der Waals surface area (Å²) in [5.41, 5.74) is 0. The Morgan fingerprint density at radius 1 is 1.50 bits per heavy atom. The van der Waals surface area contributed by atoms with Gasteiger partial charge in [0, 0.05) is 38.8 Å². The molecule has 1 saturated heterocycles. The molecule has 1 rings (SSSR count). The van der Waals surface area contributed by atoms with Crippen LogP contribution in [0.5, 0.6) is 0 Å². The van der Waals surface area contributed by atoms with Crippen LogP contribution in [0.3, 0.4) is 0 Å². The van der Waals surface area contributed by atoms with Crippen molar-refractivity contribution in [2.75, 3.05) is 32.7 Å². The molecule has 0 aliphatic carbocycles. The lowest BCUT2D eigenvalue weighted by Crippen LogP contribution is -2.56. The van der Waals surface area contributed by atoms with Crippen LogP contribution < -0.4 is 5.32 Å². The van der Waals surface area contributed by atoms with E-state index in [1.165, 1.54) is 0 Å². The first-order chi connectivity index (χ1) is 7.60. The first kappa shape index (κ1) is 13.5. The average Bonchev–Trinajstić information content (AvgIpc) is 2.29. The smallest absolute Gasteiger partial charge is 0.239 e. The van der Waals surface area contributed by atoms with Gasteiger partial charge in [-0.2, -0.15) is 0 Å². The van der Waals surface area contributed by atoms with Crippen LogP contribution in [0.25, 0.3) is 0 Å². The summed E-state index contributed by atoms with van der Waals surface area (Å²) in [6, 6.07) is 0.505. The Morgan fingerprint density at radius 2 is 2.12 bits per heavy atom. The zero-order valence-corrected chi connectivity index (χ0v) is 11.0. The molecule has 1 fully saturated rings. The van der Waals surface area contributed by atoms with Gasteiger partial charge in [-0.1, -0.05) is 0 Å². The predicted molar refractivity (Wildman–Crippen MR) is 66.4 cm³/mol. The van der Waals surface area contributed by atoms with Crippen molar-refractivity contribution in [3.63, 3.8) is 0 Å². The standard InChI is InChI=1S/C12H25N3O/c1-5-14(6-2)12(16)11(4)15-8-7-13-10(3)9-15/h10-11,13H,5-9H2,1-4H3. The Kier molecular flexibility index (Phi) is 5.22. The van der Waals surface area contributed by atoms with Crippen molar-refractivity contribution < 1.29 is 4.79 Å². The molecule has 0 radical (unpaired) electrons. The number of likely N-dealkylation sites (N-methyl/N-ethyl adjacent to an activating group) is 1. The van der Waals surface area contributed by atoms with Crippen molar-refractivity contribution in [3.05, 3.63) is 0 Å². The monoisotopic (exact) mass is 227 g/mol. The molecule has 0 aromatic heterocycles. The molecular formula is C12H25N3O. The Hall–Kier alpha value is -0.610. The molecule has 94 valence electrons. The van der Waals surface area contributed by atoms with Crippen molar-refractivity contribution in [2.45, 2.75) is 39.8 Å². The molecular weight excluding hydrogens is 202 g/mol. The molecule has 1 heterocycles. The third-order valence-electron chi connectivity index (χ3n) is 3.38. The number of carbonyl (C=O) groups is 1. The fraction of sp³-hybridized carbons (Fsp3) is 0.917. The average molecular weight is 227 g/mol. The minimum absolute atomic E-state index is 0.0180. The number of nitrogens with one attached hydrogen (secondary N) is 1. The second-order valence-corrected chi connectivity index (χ2v) is 4.54. The van der Waals surface area contributed by atoms with E-state index in [0.717, 1.165) is 32.7 Å². The Labute approximate surface area is 99.0 Å².